The third-order valence-corrected chi connectivity index (χ3v) is 6.05. The molecule has 1 saturated carbocycles. The van der Waals surface area contributed by atoms with E-state index in [-0.39, 0.29) is 23.7 Å². The largest absolute Gasteiger partial charge is 0.508 e. The molecule has 2 N–H and O–H groups in total. The van der Waals surface area contributed by atoms with Crippen molar-refractivity contribution in [2.24, 2.45) is 0 Å². The number of hydrogen-bond acceptors (Lipinski definition) is 4. The Morgan fingerprint density at radius 1 is 1.27 bits per heavy atom. The van der Waals surface area contributed by atoms with Gasteiger partial charge in [-0.2, -0.15) is 0 Å². The number of carbonyl (C=O) groups is 1. The number of pyridine rings is 1. The summed E-state index contributed by atoms with van der Waals surface area (Å²) in [5.41, 5.74) is 4.13. The number of aromatic hydroxyl groups is 1. The van der Waals surface area contributed by atoms with Crippen LogP contribution in [-0.4, -0.2) is 44.4 Å². The van der Waals surface area contributed by atoms with E-state index in [4.69, 9.17) is 0 Å². The normalized spacial score (nSPS) is 19.2. The van der Waals surface area contributed by atoms with Crippen molar-refractivity contribution in [3.05, 3.63) is 61.7 Å². The first-order valence-corrected chi connectivity index (χ1v) is 10.5. The quantitative estimate of drug-likeness (QED) is 0.486. The van der Waals surface area contributed by atoms with Crippen LogP contribution in [0.15, 0.2) is 61.7 Å². The third-order valence-electron chi connectivity index (χ3n) is 6.05. The molecule has 6 heteroatoms. The van der Waals surface area contributed by atoms with Gasteiger partial charge < -0.3 is 19.7 Å². The number of imidazole rings is 1. The molecule has 1 aromatic carbocycles. The monoisotopic (exact) mass is 404 g/mol. The second-order valence-electron chi connectivity index (χ2n) is 8.04. The van der Waals surface area contributed by atoms with E-state index in [0.717, 1.165) is 54.4 Å². The predicted molar refractivity (Wildman–Crippen MR) is 120 cm³/mol. The number of nitrogens with one attached hydrogen (secondary N) is 1. The molecule has 0 unspecified atom stereocenters. The number of aromatic nitrogens is 2. The number of rotatable bonds is 5. The average Bonchev–Trinajstić information content (AvgIpc) is 3.12. The number of benzene rings is 1. The van der Waals surface area contributed by atoms with E-state index in [1.807, 2.05) is 40.9 Å². The standard InChI is InChI=1S/C24H28N4O2/c1-3-24(30)27(2)20-7-5-4-6-19(13-20)26-22-12-18(15-28-16-25-14-23(22)28)17-8-10-21(29)11-9-17/h3,8-12,14-16,19-20,26,29H,1,4-7,13H2,2H3/t19-,20+/m1/s1. The van der Waals surface area contributed by atoms with Gasteiger partial charge in [-0.25, -0.2) is 4.98 Å². The topological polar surface area (TPSA) is 69.9 Å². The second kappa shape index (κ2) is 8.61. The maximum atomic E-state index is 12.1. The molecule has 0 spiro atoms. The van der Waals surface area contributed by atoms with Crippen LogP contribution in [0.25, 0.3) is 16.6 Å². The van der Waals surface area contributed by atoms with Gasteiger partial charge in [0.15, 0.2) is 0 Å². The first-order valence-electron chi connectivity index (χ1n) is 10.5. The molecule has 2 aromatic heterocycles. The highest BCUT2D eigenvalue weighted by Crippen LogP contribution is 2.30. The lowest BCUT2D eigenvalue weighted by atomic mass is 10.0. The fourth-order valence-corrected chi connectivity index (χ4v) is 4.32. The summed E-state index contributed by atoms with van der Waals surface area (Å²) in [5.74, 6) is 0.233. The number of phenols is 1. The Bertz CT molecular complexity index is 1040. The maximum Gasteiger partial charge on any atom is 0.245 e. The second-order valence-corrected chi connectivity index (χ2v) is 8.04. The highest BCUT2D eigenvalue weighted by molar-refractivity contribution is 5.87. The lowest BCUT2D eigenvalue weighted by Gasteiger charge is -2.29. The van der Waals surface area contributed by atoms with Gasteiger partial charge in [0.25, 0.3) is 0 Å². The first-order chi connectivity index (χ1) is 14.5. The molecule has 156 valence electrons. The Balaban J connectivity index is 1.62. The summed E-state index contributed by atoms with van der Waals surface area (Å²) in [4.78, 5) is 18.3. The van der Waals surface area contributed by atoms with Crippen molar-refractivity contribution in [2.75, 3.05) is 12.4 Å². The number of carbonyl (C=O) groups excluding carboxylic acids is 1. The number of hydrogen-bond donors (Lipinski definition) is 2. The lowest BCUT2D eigenvalue weighted by Crippen LogP contribution is -2.38. The maximum absolute atomic E-state index is 12.1. The van der Waals surface area contributed by atoms with Gasteiger partial charge in [0.1, 0.15) is 5.75 Å². The van der Waals surface area contributed by atoms with Gasteiger partial charge in [0.05, 0.1) is 23.7 Å². The Hall–Kier alpha value is -3.28. The van der Waals surface area contributed by atoms with Crippen LogP contribution in [0, 0.1) is 0 Å². The highest BCUT2D eigenvalue weighted by atomic mass is 16.3. The zero-order valence-electron chi connectivity index (χ0n) is 17.3. The van der Waals surface area contributed by atoms with Crippen LogP contribution < -0.4 is 5.32 Å². The summed E-state index contributed by atoms with van der Waals surface area (Å²) in [6.45, 7) is 3.63. The van der Waals surface area contributed by atoms with E-state index in [2.05, 4.69) is 22.9 Å². The molecule has 4 rings (SSSR count). The van der Waals surface area contributed by atoms with Crippen molar-refractivity contribution in [2.45, 2.75) is 44.2 Å². The van der Waals surface area contributed by atoms with Gasteiger partial charge in [0.2, 0.25) is 5.91 Å². The van der Waals surface area contributed by atoms with Crippen molar-refractivity contribution >= 4 is 17.1 Å². The van der Waals surface area contributed by atoms with E-state index in [1.54, 1.807) is 18.5 Å². The molecule has 1 amide bonds. The van der Waals surface area contributed by atoms with Crippen LogP contribution >= 0.6 is 0 Å². The number of likely N-dealkylation sites (N-methyl/N-ethyl adjacent to an activating group) is 1. The molecule has 0 bridgehead atoms. The van der Waals surface area contributed by atoms with Crippen molar-refractivity contribution in [3.63, 3.8) is 0 Å². The van der Waals surface area contributed by atoms with Crippen molar-refractivity contribution < 1.29 is 9.90 Å². The Morgan fingerprint density at radius 2 is 2.03 bits per heavy atom. The molecule has 6 nitrogen and oxygen atoms in total. The molecule has 0 radical (unpaired) electrons. The molecule has 1 aliphatic rings. The third kappa shape index (κ3) is 4.17. The summed E-state index contributed by atoms with van der Waals surface area (Å²) < 4.78 is 2.02. The van der Waals surface area contributed by atoms with Crippen molar-refractivity contribution in [3.8, 4) is 16.9 Å². The Labute approximate surface area is 176 Å². The minimum Gasteiger partial charge on any atom is -0.508 e. The number of phenolic OH excluding ortho intramolecular Hbond substituents is 1. The van der Waals surface area contributed by atoms with Gasteiger partial charge in [-0.15, -0.1) is 0 Å². The minimum atomic E-state index is -0.0202. The zero-order chi connectivity index (χ0) is 21.1. The smallest absolute Gasteiger partial charge is 0.245 e. The molecular formula is C24H28N4O2. The number of amides is 1. The summed E-state index contributed by atoms with van der Waals surface area (Å²) in [6, 6.07) is 9.83. The summed E-state index contributed by atoms with van der Waals surface area (Å²) in [5, 5.41) is 13.3. The number of anilines is 1. The molecule has 2 heterocycles. The Kier molecular flexibility index (Phi) is 5.74. The van der Waals surface area contributed by atoms with Crippen LogP contribution in [0.5, 0.6) is 5.75 Å². The molecule has 0 aliphatic heterocycles. The number of fused-ring (bicyclic) bond motifs is 1. The minimum absolute atomic E-state index is 0.0202. The van der Waals surface area contributed by atoms with Crippen molar-refractivity contribution in [1.29, 1.82) is 0 Å². The molecule has 1 aliphatic carbocycles. The number of nitrogens with zero attached hydrogens (tertiary/aromatic N) is 3. The van der Waals surface area contributed by atoms with Crippen molar-refractivity contribution in [1.82, 2.24) is 14.3 Å². The van der Waals surface area contributed by atoms with Crippen LogP contribution in [-0.2, 0) is 4.79 Å². The van der Waals surface area contributed by atoms with Gasteiger partial charge in [-0.3, -0.25) is 4.79 Å². The molecule has 1 fully saturated rings. The first kappa shape index (κ1) is 20.0. The summed E-state index contributed by atoms with van der Waals surface area (Å²) >= 11 is 0. The van der Waals surface area contributed by atoms with Gasteiger partial charge >= 0.3 is 0 Å². The van der Waals surface area contributed by atoms with Crippen LogP contribution in [0.1, 0.15) is 32.1 Å². The van der Waals surface area contributed by atoms with Gasteiger partial charge in [0, 0.05) is 30.9 Å². The summed E-state index contributed by atoms with van der Waals surface area (Å²) in [6.07, 6.45) is 12.3. The lowest BCUT2D eigenvalue weighted by molar-refractivity contribution is -0.127. The van der Waals surface area contributed by atoms with E-state index in [1.165, 1.54) is 6.08 Å². The predicted octanol–water partition coefficient (Wildman–Crippen LogP) is 4.46. The summed E-state index contributed by atoms with van der Waals surface area (Å²) in [7, 11) is 1.87. The molecular weight excluding hydrogens is 376 g/mol. The van der Waals surface area contributed by atoms with Gasteiger partial charge in [-0.05, 0) is 49.1 Å². The van der Waals surface area contributed by atoms with E-state index in [9.17, 15) is 9.90 Å². The average molecular weight is 405 g/mol. The van der Waals surface area contributed by atoms with Crippen LogP contribution in [0.3, 0.4) is 0 Å². The molecule has 2 atom stereocenters. The van der Waals surface area contributed by atoms with Crippen LogP contribution in [0.4, 0.5) is 5.69 Å². The fraction of sp³-hybridized carbons (Fsp3) is 0.333. The highest BCUT2D eigenvalue weighted by Gasteiger charge is 2.25. The van der Waals surface area contributed by atoms with E-state index in [0.29, 0.717) is 0 Å². The zero-order valence-corrected chi connectivity index (χ0v) is 17.3. The SMILES string of the molecule is C=CC(=O)N(C)[C@H]1CCCC[C@@H](Nc2cc(-c3ccc(O)cc3)cn3cncc23)C1. The van der Waals surface area contributed by atoms with E-state index >= 15 is 0 Å². The molecule has 30 heavy (non-hydrogen) atoms. The van der Waals surface area contributed by atoms with Crippen LogP contribution in [0.2, 0.25) is 0 Å². The molecule has 0 saturated heterocycles. The Morgan fingerprint density at radius 3 is 2.80 bits per heavy atom. The van der Waals surface area contributed by atoms with Gasteiger partial charge in [-0.1, -0.05) is 31.6 Å². The molecule has 3 aromatic rings. The van der Waals surface area contributed by atoms with E-state index < -0.39 is 0 Å². The fourth-order valence-electron chi connectivity index (χ4n) is 4.32.